The quantitative estimate of drug-likeness (QED) is 0.250. The van der Waals surface area contributed by atoms with E-state index < -0.39 is 0 Å². The van der Waals surface area contributed by atoms with Gasteiger partial charge in [-0.2, -0.15) is 0 Å². The molecule has 1 saturated carbocycles. The van der Waals surface area contributed by atoms with E-state index in [1.807, 2.05) is 18.2 Å². The molecule has 1 aliphatic rings. The monoisotopic (exact) mass is 447 g/mol. The maximum absolute atomic E-state index is 5.35. The number of ether oxygens (including phenoxy) is 1. The predicted octanol–water partition coefficient (Wildman–Crippen LogP) is 3.37. The van der Waals surface area contributed by atoms with Crippen molar-refractivity contribution in [1.82, 2.24) is 10.6 Å². The molecule has 136 valence electrons. The summed E-state index contributed by atoms with van der Waals surface area (Å²) in [6.07, 6.45) is 9.29. The minimum Gasteiger partial charge on any atom is -0.469 e. The highest BCUT2D eigenvalue weighted by Gasteiger charge is 2.36. The van der Waals surface area contributed by atoms with Crippen LogP contribution in [0.1, 0.15) is 31.4 Å². The minimum atomic E-state index is 0. The van der Waals surface area contributed by atoms with Crippen LogP contribution in [0.25, 0.3) is 0 Å². The molecule has 0 radical (unpaired) electrons. The van der Waals surface area contributed by atoms with E-state index in [-0.39, 0.29) is 24.0 Å². The lowest BCUT2D eigenvalue weighted by Crippen LogP contribution is -2.41. The summed E-state index contributed by atoms with van der Waals surface area (Å²) in [5.41, 5.74) is 0.333. The first-order chi connectivity index (χ1) is 11.3. The second kappa shape index (κ2) is 11.5. The van der Waals surface area contributed by atoms with Gasteiger partial charge in [-0.15, -0.1) is 30.6 Å². The molecule has 0 amide bonds. The van der Waals surface area contributed by atoms with Gasteiger partial charge >= 0.3 is 0 Å². The molecule has 0 bridgehead atoms. The zero-order valence-electron chi connectivity index (χ0n) is 14.6. The van der Waals surface area contributed by atoms with Gasteiger partial charge in [0, 0.05) is 39.8 Å². The fourth-order valence-electron chi connectivity index (χ4n) is 2.83. The number of aliphatic imine (C=N–C) groups is 1. The highest BCUT2D eigenvalue weighted by atomic mass is 127. The Bertz CT molecular complexity index is 484. The molecule has 5 nitrogen and oxygen atoms in total. The molecule has 1 heterocycles. The molecule has 0 spiro atoms. The van der Waals surface area contributed by atoms with Crippen LogP contribution < -0.4 is 10.6 Å². The number of halogens is 1. The average molecular weight is 447 g/mol. The first kappa shape index (κ1) is 21.0. The van der Waals surface area contributed by atoms with E-state index in [4.69, 9.17) is 14.1 Å². The van der Waals surface area contributed by atoms with E-state index in [1.54, 1.807) is 13.4 Å². The van der Waals surface area contributed by atoms with Crippen molar-refractivity contribution in [2.75, 3.05) is 33.4 Å². The lowest BCUT2D eigenvalue weighted by Gasteiger charge is -2.40. The van der Waals surface area contributed by atoms with Crippen molar-refractivity contribution in [3.8, 4) is 0 Å². The normalized spacial score (nSPS) is 16.0. The van der Waals surface area contributed by atoms with Crippen LogP contribution in [0.4, 0.5) is 0 Å². The smallest absolute Gasteiger partial charge is 0.191 e. The maximum atomic E-state index is 5.35. The number of hydrogen-bond acceptors (Lipinski definition) is 3. The molecule has 0 aromatic carbocycles. The Morgan fingerprint density at radius 1 is 1.46 bits per heavy atom. The maximum Gasteiger partial charge on any atom is 0.191 e. The third-order valence-corrected chi connectivity index (χ3v) is 4.48. The van der Waals surface area contributed by atoms with Crippen LogP contribution in [0, 0.1) is 5.41 Å². The van der Waals surface area contributed by atoms with E-state index in [0.717, 1.165) is 44.3 Å². The van der Waals surface area contributed by atoms with Gasteiger partial charge in [0.2, 0.25) is 0 Å². The highest BCUT2D eigenvalue weighted by molar-refractivity contribution is 14.0. The van der Waals surface area contributed by atoms with Crippen molar-refractivity contribution in [1.29, 1.82) is 0 Å². The molecule has 1 aromatic heterocycles. The topological polar surface area (TPSA) is 58.8 Å². The number of methoxy groups -OCH3 is 1. The van der Waals surface area contributed by atoms with Gasteiger partial charge in [0.1, 0.15) is 5.76 Å². The zero-order chi connectivity index (χ0) is 16.4. The highest BCUT2D eigenvalue weighted by Crippen LogP contribution is 2.44. The Kier molecular flexibility index (Phi) is 10.1. The van der Waals surface area contributed by atoms with Gasteiger partial charge in [0.25, 0.3) is 0 Å². The molecule has 1 fully saturated rings. The molecule has 0 unspecified atom stereocenters. The van der Waals surface area contributed by atoms with E-state index >= 15 is 0 Å². The number of rotatable bonds is 10. The summed E-state index contributed by atoms with van der Waals surface area (Å²) in [7, 11) is 1.77. The van der Waals surface area contributed by atoms with Crippen molar-refractivity contribution >= 4 is 29.9 Å². The number of nitrogens with zero attached hydrogens (tertiary/aromatic N) is 1. The van der Waals surface area contributed by atoms with Gasteiger partial charge in [-0.3, -0.25) is 4.99 Å². The summed E-state index contributed by atoms with van der Waals surface area (Å²) in [5, 5.41) is 6.65. The van der Waals surface area contributed by atoms with Crippen LogP contribution in [0.5, 0.6) is 0 Å². The fourth-order valence-corrected chi connectivity index (χ4v) is 2.83. The molecular weight excluding hydrogens is 417 g/mol. The first-order valence-corrected chi connectivity index (χ1v) is 8.42. The second-order valence-electron chi connectivity index (χ2n) is 6.19. The van der Waals surface area contributed by atoms with Crippen LogP contribution in [0.2, 0.25) is 0 Å². The largest absolute Gasteiger partial charge is 0.469 e. The van der Waals surface area contributed by atoms with Crippen molar-refractivity contribution < 1.29 is 9.15 Å². The van der Waals surface area contributed by atoms with E-state index in [0.29, 0.717) is 12.0 Å². The number of nitrogens with one attached hydrogen (secondary N) is 2. The average Bonchev–Trinajstić information content (AvgIpc) is 3.03. The Balaban J connectivity index is 0.00000288. The first-order valence-electron chi connectivity index (χ1n) is 8.42. The van der Waals surface area contributed by atoms with E-state index in [9.17, 15) is 0 Å². The summed E-state index contributed by atoms with van der Waals surface area (Å²) in [6, 6.07) is 3.90. The van der Waals surface area contributed by atoms with Crippen LogP contribution in [0.3, 0.4) is 0 Å². The molecule has 0 atom stereocenters. The Morgan fingerprint density at radius 2 is 2.29 bits per heavy atom. The Labute approximate surface area is 162 Å². The molecule has 1 aromatic rings. The fraction of sp³-hybridized carbons (Fsp3) is 0.611. The van der Waals surface area contributed by atoms with Gasteiger partial charge in [-0.1, -0.05) is 12.5 Å². The summed E-state index contributed by atoms with van der Waals surface area (Å²) < 4.78 is 10.6. The molecule has 1 aliphatic carbocycles. The van der Waals surface area contributed by atoms with Gasteiger partial charge in [0.15, 0.2) is 5.96 Å². The standard InChI is InChI=1S/C18H29N3O2.HI/c1-3-11-19-17(20-12-7-16-6-4-13-23-16)21-15-18(8-5-9-18)10-14-22-2;/h3-4,6,13H,1,5,7-12,14-15H2,2H3,(H2,19,20,21);1H. The molecule has 0 saturated heterocycles. The molecule has 0 aliphatic heterocycles. The van der Waals surface area contributed by atoms with E-state index in [2.05, 4.69) is 17.2 Å². The van der Waals surface area contributed by atoms with E-state index in [1.165, 1.54) is 19.3 Å². The third-order valence-electron chi connectivity index (χ3n) is 4.48. The minimum absolute atomic E-state index is 0. The molecule has 6 heteroatoms. The third kappa shape index (κ3) is 6.84. The summed E-state index contributed by atoms with van der Waals surface area (Å²) in [4.78, 5) is 4.79. The Hall–Kier alpha value is -1.02. The molecule has 24 heavy (non-hydrogen) atoms. The van der Waals surface area contributed by atoms with Crippen molar-refractivity contribution in [3.05, 3.63) is 36.8 Å². The number of hydrogen-bond donors (Lipinski definition) is 2. The lowest BCUT2D eigenvalue weighted by molar-refractivity contribution is 0.0778. The number of furan rings is 1. The second-order valence-corrected chi connectivity index (χ2v) is 6.19. The van der Waals surface area contributed by atoms with Crippen LogP contribution in [-0.2, 0) is 11.2 Å². The van der Waals surface area contributed by atoms with Gasteiger partial charge in [-0.25, -0.2) is 0 Å². The molecule has 2 rings (SSSR count). The van der Waals surface area contributed by atoms with Gasteiger partial charge < -0.3 is 19.8 Å². The Morgan fingerprint density at radius 3 is 2.88 bits per heavy atom. The van der Waals surface area contributed by atoms with Gasteiger partial charge in [-0.05, 0) is 36.8 Å². The number of guanidine groups is 1. The van der Waals surface area contributed by atoms with Crippen molar-refractivity contribution in [3.63, 3.8) is 0 Å². The predicted molar refractivity (Wildman–Crippen MR) is 109 cm³/mol. The molecular formula is C18H30IN3O2. The van der Waals surface area contributed by atoms with Crippen LogP contribution in [-0.4, -0.2) is 39.3 Å². The zero-order valence-corrected chi connectivity index (χ0v) is 16.9. The summed E-state index contributed by atoms with van der Waals surface area (Å²) >= 11 is 0. The summed E-state index contributed by atoms with van der Waals surface area (Å²) in [6.45, 7) is 6.92. The van der Waals surface area contributed by atoms with Crippen molar-refractivity contribution in [2.24, 2.45) is 10.4 Å². The van der Waals surface area contributed by atoms with Crippen molar-refractivity contribution in [2.45, 2.75) is 32.1 Å². The van der Waals surface area contributed by atoms with Crippen LogP contribution in [0.15, 0.2) is 40.5 Å². The SMILES string of the molecule is C=CCNC(=NCC1(CCOC)CCC1)NCCc1ccco1.I. The van der Waals surface area contributed by atoms with Crippen LogP contribution >= 0.6 is 24.0 Å². The molecule has 2 N–H and O–H groups in total. The lowest BCUT2D eigenvalue weighted by atomic mass is 9.67. The van der Waals surface area contributed by atoms with Gasteiger partial charge in [0.05, 0.1) is 6.26 Å². The summed E-state index contributed by atoms with van der Waals surface area (Å²) in [5.74, 6) is 1.83.